The topological polar surface area (TPSA) is 24.9 Å². The van der Waals surface area contributed by atoms with E-state index in [0.717, 1.165) is 5.56 Å². The van der Waals surface area contributed by atoms with Crippen LogP contribution in [0.3, 0.4) is 0 Å². The Morgan fingerprint density at radius 2 is 1.26 bits per heavy atom. The molecule has 0 heterocycles. The summed E-state index contributed by atoms with van der Waals surface area (Å²) in [5.41, 5.74) is 0.857. The SMILES string of the molecule is Cc1c(OC(=S)N(C)C)cccc1OC(=S)N(C)C. The van der Waals surface area contributed by atoms with Crippen LogP contribution in [0, 0.1) is 6.92 Å². The average molecular weight is 298 g/mol. The molecular formula is C13H18N2O2S2. The first kappa shape index (κ1) is 15.7. The van der Waals surface area contributed by atoms with E-state index in [1.165, 1.54) is 0 Å². The first-order valence-corrected chi connectivity index (χ1v) is 6.52. The van der Waals surface area contributed by atoms with Crippen molar-refractivity contribution < 1.29 is 9.47 Å². The van der Waals surface area contributed by atoms with E-state index in [1.54, 1.807) is 9.80 Å². The zero-order valence-electron chi connectivity index (χ0n) is 11.8. The Balaban J connectivity index is 2.92. The van der Waals surface area contributed by atoms with E-state index in [-0.39, 0.29) is 0 Å². The molecule has 0 radical (unpaired) electrons. The normalized spacial score (nSPS) is 9.74. The molecule has 104 valence electrons. The van der Waals surface area contributed by atoms with Gasteiger partial charge in [-0.15, -0.1) is 0 Å². The van der Waals surface area contributed by atoms with Crippen molar-refractivity contribution in [3.8, 4) is 11.5 Å². The smallest absolute Gasteiger partial charge is 0.264 e. The van der Waals surface area contributed by atoms with Gasteiger partial charge in [-0.1, -0.05) is 6.07 Å². The van der Waals surface area contributed by atoms with Gasteiger partial charge in [-0.25, -0.2) is 0 Å². The van der Waals surface area contributed by atoms with Gasteiger partial charge >= 0.3 is 0 Å². The highest BCUT2D eigenvalue weighted by atomic mass is 32.1. The molecule has 0 aliphatic carbocycles. The highest BCUT2D eigenvalue weighted by Crippen LogP contribution is 2.28. The maximum atomic E-state index is 5.61. The number of hydrogen-bond donors (Lipinski definition) is 0. The van der Waals surface area contributed by atoms with Gasteiger partial charge in [0.05, 0.1) is 0 Å². The molecule has 0 saturated carbocycles. The minimum Gasteiger partial charge on any atom is -0.431 e. The van der Waals surface area contributed by atoms with Crippen LogP contribution in [0.1, 0.15) is 5.56 Å². The van der Waals surface area contributed by atoms with Gasteiger partial charge in [0.2, 0.25) is 0 Å². The van der Waals surface area contributed by atoms with Crippen LogP contribution >= 0.6 is 24.4 Å². The number of ether oxygens (including phenoxy) is 2. The summed E-state index contributed by atoms with van der Waals surface area (Å²) in [4.78, 5) is 3.46. The van der Waals surface area contributed by atoms with Crippen molar-refractivity contribution in [1.82, 2.24) is 9.80 Å². The molecule has 0 N–H and O–H groups in total. The molecule has 19 heavy (non-hydrogen) atoms. The first-order chi connectivity index (χ1) is 8.82. The summed E-state index contributed by atoms with van der Waals surface area (Å²) in [6.45, 7) is 1.90. The molecule has 0 aliphatic heterocycles. The first-order valence-electron chi connectivity index (χ1n) is 5.70. The summed E-state index contributed by atoms with van der Waals surface area (Å²) in [5.74, 6) is 1.33. The van der Waals surface area contributed by atoms with Crippen molar-refractivity contribution in [2.75, 3.05) is 28.2 Å². The second kappa shape index (κ2) is 6.68. The van der Waals surface area contributed by atoms with Crippen LogP contribution in [0.25, 0.3) is 0 Å². The van der Waals surface area contributed by atoms with Crippen LogP contribution in [-0.2, 0) is 0 Å². The standard InChI is InChI=1S/C13H18N2O2S2/c1-9-10(16-12(18)14(2)3)7-6-8-11(9)17-13(19)15(4)5/h6-8H,1-5H3. The van der Waals surface area contributed by atoms with Gasteiger partial charge in [0.15, 0.2) is 0 Å². The Hall–Kier alpha value is -1.40. The molecule has 6 heteroatoms. The summed E-state index contributed by atoms with van der Waals surface area (Å²) < 4.78 is 11.2. The minimum absolute atomic E-state index is 0.399. The molecule has 0 amide bonds. The third-order valence-corrected chi connectivity index (χ3v) is 3.26. The number of rotatable bonds is 2. The van der Waals surface area contributed by atoms with Crippen molar-refractivity contribution in [1.29, 1.82) is 0 Å². The van der Waals surface area contributed by atoms with Crippen molar-refractivity contribution in [2.24, 2.45) is 0 Å². The highest BCUT2D eigenvalue weighted by Gasteiger charge is 2.11. The molecule has 0 fully saturated rings. The second-order valence-electron chi connectivity index (χ2n) is 4.40. The van der Waals surface area contributed by atoms with Gasteiger partial charge in [0.25, 0.3) is 10.3 Å². The zero-order valence-corrected chi connectivity index (χ0v) is 13.4. The van der Waals surface area contributed by atoms with Crippen molar-refractivity contribution in [2.45, 2.75) is 6.92 Å². The number of nitrogens with zero attached hydrogens (tertiary/aromatic N) is 2. The average Bonchev–Trinajstić information content (AvgIpc) is 2.33. The number of benzene rings is 1. The predicted molar refractivity (Wildman–Crippen MR) is 85.0 cm³/mol. The van der Waals surface area contributed by atoms with Crippen molar-refractivity contribution >= 4 is 34.8 Å². The summed E-state index contributed by atoms with van der Waals surface area (Å²) in [6.07, 6.45) is 0. The molecular weight excluding hydrogens is 280 g/mol. The largest absolute Gasteiger partial charge is 0.431 e. The van der Waals surface area contributed by atoms with E-state index in [2.05, 4.69) is 0 Å². The molecule has 1 rings (SSSR count). The molecule has 0 unspecified atom stereocenters. The monoisotopic (exact) mass is 298 g/mol. The quantitative estimate of drug-likeness (QED) is 0.778. The second-order valence-corrected chi connectivity index (χ2v) is 5.10. The van der Waals surface area contributed by atoms with Crippen LogP contribution in [0.15, 0.2) is 18.2 Å². The maximum absolute atomic E-state index is 5.61. The van der Waals surface area contributed by atoms with E-state index in [9.17, 15) is 0 Å². The van der Waals surface area contributed by atoms with Gasteiger partial charge in [0, 0.05) is 33.8 Å². The molecule has 0 atom stereocenters. The molecule has 0 aliphatic rings. The predicted octanol–water partition coefficient (Wildman–Crippen LogP) is 2.45. The number of hydrogen-bond acceptors (Lipinski definition) is 4. The summed E-state index contributed by atoms with van der Waals surface area (Å²) in [7, 11) is 7.33. The van der Waals surface area contributed by atoms with Gasteiger partial charge in [-0.05, 0) is 43.5 Å². The Morgan fingerprint density at radius 3 is 1.58 bits per heavy atom. The molecule has 1 aromatic carbocycles. The lowest BCUT2D eigenvalue weighted by atomic mass is 10.2. The molecule has 0 bridgehead atoms. The van der Waals surface area contributed by atoms with E-state index >= 15 is 0 Å². The van der Waals surface area contributed by atoms with Crippen LogP contribution in [-0.4, -0.2) is 48.3 Å². The Labute approximate surface area is 124 Å². The van der Waals surface area contributed by atoms with E-state index in [4.69, 9.17) is 33.9 Å². The van der Waals surface area contributed by atoms with Crippen LogP contribution in [0.2, 0.25) is 0 Å². The van der Waals surface area contributed by atoms with Crippen molar-refractivity contribution in [3.05, 3.63) is 23.8 Å². The zero-order chi connectivity index (χ0) is 14.6. The van der Waals surface area contributed by atoms with Gasteiger partial charge in [-0.3, -0.25) is 0 Å². The lowest BCUT2D eigenvalue weighted by Crippen LogP contribution is -2.26. The maximum Gasteiger partial charge on any atom is 0.264 e. The summed E-state index contributed by atoms with van der Waals surface area (Å²) in [6, 6.07) is 5.53. The third kappa shape index (κ3) is 4.33. The van der Waals surface area contributed by atoms with Gasteiger partial charge in [0.1, 0.15) is 11.5 Å². The van der Waals surface area contributed by atoms with E-state index < -0.39 is 0 Å². The lowest BCUT2D eigenvalue weighted by Gasteiger charge is -2.18. The summed E-state index contributed by atoms with van der Waals surface area (Å²) in [5, 5.41) is 0.797. The van der Waals surface area contributed by atoms with E-state index in [0.29, 0.717) is 21.8 Å². The Bertz CT molecular complexity index is 447. The fourth-order valence-corrected chi connectivity index (χ4v) is 1.37. The van der Waals surface area contributed by atoms with Crippen LogP contribution in [0.5, 0.6) is 11.5 Å². The van der Waals surface area contributed by atoms with Gasteiger partial charge in [-0.2, -0.15) is 0 Å². The Morgan fingerprint density at radius 1 is 0.895 bits per heavy atom. The van der Waals surface area contributed by atoms with Gasteiger partial charge < -0.3 is 19.3 Å². The summed E-state index contributed by atoms with van der Waals surface area (Å²) >= 11 is 10.2. The van der Waals surface area contributed by atoms with Crippen molar-refractivity contribution in [3.63, 3.8) is 0 Å². The highest BCUT2D eigenvalue weighted by molar-refractivity contribution is 7.80. The molecule has 1 aromatic rings. The fraction of sp³-hybridized carbons (Fsp3) is 0.385. The lowest BCUT2D eigenvalue weighted by molar-refractivity contribution is 0.431. The molecule has 4 nitrogen and oxygen atoms in total. The molecule has 0 aromatic heterocycles. The van der Waals surface area contributed by atoms with Crippen LogP contribution in [0.4, 0.5) is 0 Å². The van der Waals surface area contributed by atoms with E-state index in [1.807, 2.05) is 53.3 Å². The number of thiocarbonyl (C=S) groups is 2. The minimum atomic E-state index is 0.399. The molecule has 0 saturated heterocycles. The third-order valence-electron chi connectivity index (χ3n) is 2.36. The van der Waals surface area contributed by atoms with Crippen LogP contribution < -0.4 is 9.47 Å². The Kier molecular flexibility index (Phi) is 5.50. The molecule has 0 spiro atoms. The fourth-order valence-electron chi connectivity index (χ4n) is 1.19.